The smallest absolute Gasteiger partial charge is 0.102 e. The van der Waals surface area contributed by atoms with E-state index < -0.39 is 0 Å². The van der Waals surface area contributed by atoms with Gasteiger partial charge >= 0.3 is 0 Å². The molecular weight excluding hydrogens is 258 g/mol. The highest BCUT2D eigenvalue weighted by Gasteiger charge is 2.27. The van der Waals surface area contributed by atoms with E-state index in [2.05, 4.69) is 55.5 Å². The van der Waals surface area contributed by atoms with Gasteiger partial charge in [-0.2, -0.15) is 0 Å². The van der Waals surface area contributed by atoms with E-state index in [9.17, 15) is 0 Å². The maximum Gasteiger partial charge on any atom is 0.102 e. The number of fused-ring (bicyclic) bond motifs is 1. The SMILES string of the molecule is CCCc1ccc(C(N)C2OCCc3ccccc32)cc1. The number of rotatable bonds is 4. The first kappa shape index (κ1) is 14.3. The van der Waals surface area contributed by atoms with Crippen molar-refractivity contribution in [3.63, 3.8) is 0 Å². The van der Waals surface area contributed by atoms with Crippen molar-refractivity contribution < 1.29 is 4.74 Å². The molecule has 2 unspecified atom stereocenters. The fraction of sp³-hybridized carbons (Fsp3) is 0.368. The van der Waals surface area contributed by atoms with Gasteiger partial charge in [-0.05, 0) is 35.1 Å². The minimum absolute atomic E-state index is 0.0352. The van der Waals surface area contributed by atoms with Crippen LogP contribution in [0.3, 0.4) is 0 Å². The van der Waals surface area contributed by atoms with Crippen LogP contribution >= 0.6 is 0 Å². The first-order valence-corrected chi connectivity index (χ1v) is 7.83. The Morgan fingerprint density at radius 1 is 1.14 bits per heavy atom. The minimum atomic E-state index is -0.109. The van der Waals surface area contributed by atoms with Crippen LogP contribution in [0, 0.1) is 0 Å². The summed E-state index contributed by atoms with van der Waals surface area (Å²) in [6, 6.07) is 17.0. The average Bonchev–Trinajstić information content (AvgIpc) is 2.55. The molecule has 0 aromatic heterocycles. The third-order valence-electron chi connectivity index (χ3n) is 4.26. The molecule has 1 aliphatic heterocycles. The molecule has 1 heterocycles. The summed E-state index contributed by atoms with van der Waals surface area (Å²) < 4.78 is 5.97. The van der Waals surface area contributed by atoms with Gasteiger partial charge in [0, 0.05) is 0 Å². The van der Waals surface area contributed by atoms with Gasteiger partial charge in [-0.25, -0.2) is 0 Å². The van der Waals surface area contributed by atoms with Crippen molar-refractivity contribution in [1.29, 1.82) is 0 Å². The van der Waals surface area contributed by atoms with Gasteiger partial charge in [0.1, 0.15) is 6.10 Å². The third-order valence-corrected chi connectivity index (χ3v) is 4.26. The Balaban J connectivity index is 1.84. The van der Waals surface area contributed by atoms with Crippen LogP contribution < -0.4 is 5.73 Å². The monoisotopic (exact) mass is 281 g/mol. The summed E-state index contributed by atoms with van der Waals surface area (Å²) in [4.78, 5) is 0. The lowest BCUT2D eigenvalue weighted by atomic mass is 9.90. The largest absolute Gasteiger partial charge is 0.371 e. The molecule has 0 bridgehead atoms. The first-order valence-electron chi connectivity index (χ1n) is 7.83. The molecule has 0 saturated carbocycles. The maximum atomic E-state index is 6.48. The average molecular weight is 281 g/mol. The lowest BCUT2D eigenvalue weighted by Crippen LogP contribution is -2.27. The van der Waals surface area contributed by atoms with Crippen LogP contribution in [-0.2, 0) is 17.6 Å². The predicted octanol–water partition coefficient (Wildman–Crippen LogP) is 3.95. The highest BCUT2D eigenvalue weighted by molar-refractivity contribution is 5.35. The fourth-order valence-electron chi connectivity index (χ4n) is 3.09. The summed E-state index contributed by atoms with van der Waals surface area (Å²) in [6.07, 6.45) is 3.24. The van der Waals surface area contributed by atoms with Gasteiger partial charge in [0.15, 0.2) is 0 Å². The summed E-state index contributed by atoms with van der Waals surface area (Å²) in [5.41, 5.74) is 11.6. The Kier molecular flexibility index (Phi) is 4.37. The molecule has 3 rings (SSSR count). The molecular formula is C19H23NO. The minimum Gasteiger partial charge on any atom is -0.371 e. The molecule has 1 aliphatic rings. The van der Waals surface area contributed by atoms with Gasteiger partial charge in [0.25, 0.3) is 0 Å². The van der Waals surface area contributed by atoms with Crippen LogP contribution in [0.5, 0.6) is 0 Å². The molecule has 2 N–H and O–H groups in total. The van der Waals surface area contributed by atoms with Gasteiger partial charge in [-0.15, -0.1) is 0 Å². The van der Waals surface area contributed by atoms with Gasteiger partial charge in [0.2, 0.25) is 0 Å². The van der Waals surface area contributed by atoms with Crippen molar-refractivity contribution in [1.82, 2.24) is 0 Å². The van der Waals surface area contributed by atoms with E-state index in [4.69, 9.17) is 10.5 Å². The van der Waals surface area contributed by atoms with E-state index >= 15 is 0 Å². The van der Waals surface area contributed by atoms with Crippen molar-refractivity contribution in [2.45, 2.75) is 38.3 Å². The van der Waals surface area contributed by atoms with E-state index in [0.717, 1.165) is 25.0 Å². The zero-order valence-corrected chi connectivity index (χ0v) is 12.6. The van der Waals surface area contributed by atoms with Crippen LogP contribution in [0.2, 0.25) is 0 Å². The van der Waals surface area contributed by atoms with Gasteiger partial charge < -0.3 is 10.5 Å². The van der Waals surface area contributed by atoms with E-state index in [0.29, 0.717) is 0 Å². The van der Waals surface area contributed by atoms with Crippen molar-refractivity contribution in [2.75, 3.05) is 6.61 Å². The summed E-state index contributed by atoms with van der Waals surface area (Å²) in [6.45, 7) is 2.95. The normalized spacial score (nSPS) is 19.0. The topological polar surface area (TPSA) is 35.2 Å². The molecule has 2 nitrogen and oxygen atoms in total. The third kappa shape index (κ3) is 3.02. The van der Waals surface area contributed by atoms with Crippen molar-refractivity contribution in [3.8, 4) is 0 Å². The Morgan fingerprint density at radius 2 is 1.90 bits per heavy atom. The molecule has 0 aliphatic carbocycles. The lowest BCUT2D eigenvalue weighted by Gasteiger charge is -2.30. The second-order valence-electron chi connectivity index (χ2n) is 5.76. The number of hydrogen-bond acceptors (Lipinski definition) is 2. The Morgan fingerprint density at radius 3 is 2.67 bits per heavy atom. The molecule has 2 atom stereocenters. The zero-order valence-electron chi connectivity index (χ0n) is 12.6. The van der Waals surface area contributed by atoms with Crippen LogP contribution in [-0.4, -0.2) is 6.61 Å². The predicted molar refractivity (Wildman–Crippen MR) is 86.2 cm³/mol. The molecule has 0 saturated heterocycles. The number of benzene rings is 2. The van der Waals surface area contributed by atoms with Crippen molar-refractivity contribution >= 4 is 0 Å². The van der Waals surface area contributed by atoms with E-state index in [1.54, 1.807) is 0 Å². The van der Waals surface area contributed by atoms with Crippen LogP contribution in [0.1, 0.15) is 47.7 Å². The first-order chi connectivity index (χ1) is 10.3. The second kappa shape index (κ2) is 6.42. The molecule has 2 heteroatoms. The quantitative estimate of drug-likeness (QED) is 0.921. The second-order valence-corrected chi connectivity index (χ2v) is 5.76. The molecule has 21 heavy (non-hydrogen) atoms. The molecule has 2 aromatic carbocycles. The number of nitrogens with two attached hydrogens (primary N) is 1. The van der Waals surface area contributed by atoms with Gasteiger partial charge in [0.05, 0.1) is 12.6 Å². The fourth-order valence-corrected chi connectivity index (χ4v) is 3.09. The summed E-state index contributed by atoms with van der Waals surface area (Å²) in [5.74, 6) is 0. The van der Waals surface area contributed by atoms with Gasteiger partial charge in [-0.3, -0.25) is 0 Å². The molecule has 2 aromatic rings. The lowest BCUT2D eigenvalue weighted by molar-refractivity contribution is 0.0241. The van der Waals surface area contributed by atoms with E-state index in [-0.39, 0.29) is 12.1 Å². The highest BCUT2D eigenvalue weighted by atomic mass is 16.5. The standard InChI is InChI=1S/C19H23NO/c1-2-5-14-8-10-16(11-9-14)18(20)19-17-7-4-3-6-15(17)12-13-21-19/h3-4,6-11,18-19H,2,5,12-13,20H2,1H3. The maximum absolute atomic E-state index is 6.48. The van der Waals surface area contributed by atoms with Crippen LogP contribution in [0.4, 0.5) is 0 Å². The number of ether oxygens (including phenoxy) is 1. The molecule has 0 fully saturated rings. The van der Waals surface area contributed by atoms with Crippen LogP contribution in [0.15, 0.2) is 48.5 Å². The van der Waals surface area contributed by atoms with Gasteiger partial charge in [-0.1, -0.05) is 61.9 Å². The molecule has 0 spiro atoms. The van der Waals surface area contributed by atoms with Crippen molar-refractivity contribution in [3.05, 3.63) is 70.8 Å². The number of aryl methyl sites for hydroxylation is 1. The molecule has 0 amide bonds. The van der Waals surface area contributed by atoms with E-state index in [1.807, 2.05) is 0 Å². The summed E-state index contributed by atoms with van der Waals surface area (Å²) >= 11 is 0. The zero-order chi connectivity index (χ0) is 14.7. The highest BCUT2D eigenvalue weighted by Crippen LogP contribution is 2.35. The summed E-state index contributed by atoms with van der Waals surface area (Å²) in [7, 11) is 0. The van der Waals surface area contributed by atoms with Crippen molar-refractivity contribution in [2.24, 2.45) is 5.73 Å². The Hall–Kier alpha value is -1.64. The summed E-state index contributed by atoms with van der Waals surface area (Å²) in [5, 5.41) is 0. The molecule has 0 radical (unpaired) electrons. The van der Waals surface area contributed by atoms with E-state index in [1.165, 1.54) is 23.1 Å². The van der Waals surface area contributed by atoms with Crippen LogP contribution in [0.25, 0.3) is 0 Å². The Labute approximate surface area is 126 Å². The molecule has 110 valence electrons. The number of hydrogen-bond donors (Lipinski definition) is 1. The Bertz CT molecular complexity index is 591.